The highest BCUT2D eigenvalue weighted by Crippen LogP contribution is 2.36. The van der Waals surface area contributed by atoms with Gasteiger partial charge < -0.3 is 15.4 Å². The molecule has 1 aromatic carbocycles. The zero-order chi connectivity index (χ0) is 12.4. The monoisotopic (exact) mass is 234 g/mol. The van der Waals surface area contributed by atoms with Crippen molar-refractivity contribution < 1.29 is 4.74 Å². The first-order valence-electron chi connectivity index (χ1n) is 6.41. The largest absolute Gasteiger partial charge is 0.489 e. The number of hydrogen-bond acceptors (Lipinski definition) is 3. The number of nitrogen functional groups attached to an aromatic ring is 1. The first-order chi connectivity index (χ1) is 8.09. The summed E-state index contributed by atoms with van der Waals surface area (Å²) in [7, 11) is 0. The standard InChI is InChI=1S/C14H22N2O/c1-10(2)17-13-8-4-7-12(14(13)15)16-9-5-6-11(16)3/h4,7-8,10-11H,5-6,9,15H2,1-3H3. The van der Waals surface area contributed by atoms with Gasteiger partial charge in [0.1, 0.15) is 5.75 Å². The van der Waals surface area contributed by atoms with E-state index in [1.807, 2.05) is 26.0 Å². The van der Waals surface area contributed by atoms with Gasteiger partial charge in [0, 0.05) is 12.6 Å². The number of ether oxygens (including phenoxy) is 1. The van der Waals surface area contributed by atoms with Crippen LogP contribution in [0, 0.1) is 0 Å². The van der Waals surface area contributed by atoms with Gasteiger partial charge in [0.15, 0.2) is 0 Å². The van der Waals surface area contributed by atoms with Gasteiger partial charge in [-0.1, -0.05) is 6.07 Å². The van der Waals surface area contributed by atoms with Crippen molar-refractivity contribution in [2.24, 2.45) is 0 Å². The highest BCUT2D eigenvalue weighted by Gasteiger charge is 2.23. The molecule has 1 saturated heterocycles. The molecule has 0 spiro atoms. The van der Waals surface area contributed by atoms with Crippen molar-refractivity contribution in [1.82, 2.24) is 0 Å². The predicted octanol–water partition coefficient (Wildman–Crippen LogP) is 3.04. The molecule has 1 atom stereocenters. The van der Waals surface area contributed by atoms with Crippen LogP contribution in [-0.4, -0.2) is 18.7 Å². The first-order valence-corrected chi connectivity index (χ1v) is 6.41. The molecule has 1 fully saturated rings. The van der Waals surface area contributed by atoms with Crippen LogP contribution in [0.25, 0.3) is 0 Å². The molecule has 0 saturated carbocycles. The molecule has 1 aliphatic heterocycles. The minimum Gasteiger partial charge on any atom is -0.489 e. The number of anilines is 2. The van der Waals surface area contributed by atoms with Gasteiger partial charge >= 0.3 is 0 Å². The number of hydrogen-bond donors (Lipinski definition) is 1. The van der Waals surface area contributed by atoms with Crippen molar-refractivity contribution in [1.29, 1.82) is 0 Å². The Morgan fingerprint density at radius 2 is 2.18 bits per heavy atom. The molecule has 0 aliphatic carbocycles. The minimum absolute atomic E-state index is 0.156. The third-order valence-corrected chi connectivity index (χ3v) is 3.27. The van der Waals surface area contributed by atoms with Gasteiger partial charge in [0.25, 0.3) is 0 Å². The molecular formula is C14H22N2O. The Kier molecular flexibility index (Phi) is 3.46. The summed E-state index contributed by atoms with van der Waals surface area (Å²) in [5.74, 6) is 0.802. The third kappa shape index (κ3) is 2.48. The number of nitrogens with zero attached hydrogens (tertiary/aromatic N) is 1. The van der Waals surface area contributed by atoms with Gasteiger partial charge in [-0.15, -0.1) is 0 Å². The van der Waals surface area contributed by atoms with E-state index in [1.165, 1.54) is 12.8 Å². The molecule has 0 amide bonds. The molecule has 94 valence electrons. The zero-order valence-corrected chi connectivity index (χ0v) is 10.9. The minimum atomic E-state index is 0.156. The van der Waals surface area contributed by atoms with Gasteiger partial charge in [0.05, 0.1) is 17.5 Å². The maximum absolute atomic E-state index is 6.21. The topological polar surface area (TPSA) is 38.5 Å². The maximum atomic E-state index is 6.21. The van der Waals surface area contributed by atoms with Crippen LogP contribution < -0.4 is 15.4 Å². The van der Waals surface area contributed by atoms with Crippen LogP contribution in [0.3, 0.4) is 0 Å². The highest BCUT2D eigenvalue weighted by atomic mass is 16.5. The van der Waals surface area contributed by atoms with E-state index in [9.17, 15) is 0 Å². The van der Waals surface area contributed by atoms with Crippen molar-refractivity contribution in [2.45, 2.75) is 45.8 Å². The summed E-state index contributed by atoms with van der Waals surface area (Å²) in [6.07, 6.45) is 2.65. The van der Waals surface area contributed by atoms with Crippen molar-refractivity contribution in [3.05, 3.63) is 18.2 Å². The second-order valence-corrected chi connectivity index (χ2v) is 5.04. The number of para-hydroxylation sites is 1. The zero-order valence-electron chi connectivity index (χ0n) is 10.9. The Balaban J connectivity index is 2.28. The first kappa shape index (κ1) is 12.1. The number of nitrogens with two attached hydrogens (primary N) is 1. The number of rotatable bonds is 3. The lowest BCUT2D eigenvalue weighted by atomic mass is 10.2. The van der Waals surface area contributed by atoms with E-state index in [2.05, 4.69) is 17.9 Å². The molecule has 0 bridgehead atoms. The summed E-state index contributed by atoms with van der Waals surface area (Å²) in [5.41, 5.74) is 8.10. The van der Waals surface area contributed by atoms with E-state index >= 15 is 0 Å². The Bertz CT molecular complexity index is 390. The van der Waals surface area contributed by atoms with Gasteiger partial charge in [0.2, 0.25) is 0 Å². The van der Waals surface area contributed by atoms with Crippen LogP contribution in [0.15, 0.2) is 18.2 Å². The van der Waals surface area contributed by atoms with E-state index in [-0.39, 0.29) is 6.10 Å². The summed E-state index contributed by atoms with van der Waals surface area (Å²) < 4.78 is 5.73. The summed E-state index contributed by atoms with van der Waals surface area (Å²) in [6, 6.07) is 6.63. The van der Waals surface area contributed by atoms with E-state index in [0.29, 0.717) is 6.04 Å². The Morgan fingerprint density at radius 3 is 2.76 bits per heavy atom. The fourth-order valence-electron chi connectivity index (χ4n) is 2.43. The average Bonchev–Trinajstić information content (AvgIpc) is 2.67. The van der Waals surface area contributed by atoms with Crippen LogP contribution in [0.5, 0.6) is 5.75 Å². The van der Waals surface area contributed by atoms with Crippen LogP contribution in [0.4, 0.5) is 11.4 Å². The third-order valence-electron chi connectivity index (χ3n) is 3.27. The molecule has 0 aromatic heterocycles. The molecule has 17 heavy (non-hydrogen) atoms. The van der Waals surface area contributed by atoms with Crippen molar-refractivity contribution >= 4 is 11.4 Å². The van der Waals surface area contributed by atoms with Gasteiger partial charge in [-0.05, 0) is 45.7 Å². The summed E-state index contributed by atoms with van der Waals surface area (Å²) >= 11 is 0. The Hall–Kier alpha value is -1.38. The Morgan fingerprint density at radius 1 is 1.41 bits per heavy atom. The van der Waals surface area contributed by atoms with Crippen molar-refractivity contribution in [3.63, 3.8) is 0 Å². The molecule has 1 aliphatic rings. The second kappa shape index (κ2) is 4.86. The second-order valence-electron chi connectivity index (χ2n) is 5.04. The highest BCUT2D eigenvalue weighted by molar-refractivity contribution is 5.74. The fraction of sp³-hybridized carbons (Fsp3) is 0.571. The lowest BCUT2D eigenvalue weighted by Gasteiger charge is -2.26. The molecule has 2 rings (SSSR count). The summed E-state index contributed by atoms with van der Waals surface area (Å²) in [6.45, 7) is 7.38. The van der Waals surface area contributed by atoms with E-state index < -0.39 is 0 Å². The lowest BCUT2D eigenvalue weighted by Crippen LogP contribution is -2.27. The molecular weight excluding hydrogens is 212 g/mol. The van der Waals surface area contributed by atoms with Crippen molar-refractivity contribution in [2.75, 3.05) is 17.2 Å². The molecule has 3 nitrogen and oxygen atoms in total. The molecule has 1 aromatic rings. The van der Waals surface area contributed by atoms with Crippen molar-refractivity contribution in [3.8, 4) is 5.75 Å². The quantitative estimate of drug-likeness (QED) is 0.817. The smallest absolute Gasteiger partial charge is 0.144 e. The molecule has 0 radical (unpaired) electrons. The molecule has 1 unspecified atom stereocenters. The molecule has 3 heteroatoms. The normalized spacial score (nSPS) is 20.0. The van der Waals surface area contributed by atoms with Gasteiger partial charge in [-0.3, -0.25) is 0 Å². The van der Waals surface area contributed by atoms with E-state index in [1.54, 1.807) is 0 Å². The SMILES string of the molecule is CC(C)Oc1cccc(N2CCCC2C)c1N. The van der Waals surface area contributed by atoms with Gasteiger partial charge in [-0.2, -0.15) is 0 Å². The predicted molar refractivity (Wildman–Crippen MR) is 72.7 cm³/mol. The fourth-order valence-corrected chi connectivity index (χ4v) is 2.43. The lowest BCUT2D eigenvalue weighted by molar-refractivity contribution is 0.244. The van der Waals surface area contributed by atoms with Crippen LogP contribution in [-0.2, 0) is 0 Å². The van der Waals surface area contributed by atoms with Crippen LogP contribution >= 0.6 is 0 Å². The van der Waals surface area contributed by atoms with E-state index in [4.69, 9.17) is 10.5 Å². The molecule has 2 N–H and O–H groups in total. The average molecular weight is 234 g/mol. The molecule has 1 heterocycles. The van der Waals surface area contributed by atoms with E-state index in [0.717, 1.165) is 23.7 Å². The Labute approximate surface area is 104 Å². The van der Waals surface area contributed by atoms with Gasteiger partial charge in [-0.25, -0.2) is 0 Å². The summed E-state index contributed by atoms with van der Waals surface area (Å²) in [5, 5.41) is 0. The van der Waals surface area contributed by atoms with Crippen LogP contribution in [0.2, 0.25) is 0 Å². The number of benzene rings is 1. The summed E-state index contributed by atoms with van der Waals surface area (Å²) in [4.78, 5) is 2.38. The van der Waals surface area contributed by atoms with Crippen LogP contribution in [0.1, 0.15) is 33.6 Å². The maximum Gasteiger partial charge on any atom is 0.144 e.